The average Bonchev–Trinajstić information content (AvgIpc) is 3.61. The van der Waals surface area contributed by atoms with E-state index in [-0.39, 0.29) is 42.1 Å². The van der Waals surface area contributed by atoms with E-state index in [4.69, 9.17) is 9.26 Å². The molecule has 3 aliphatic rings. The fourth-order valence-corrected chi connectivity index (χ4v) is 6.85. The van der Waals surface area contributed by atoms with Crippen molar-refractivity contribution in [1.82, 2.24) is 25.3 Å². The third-order valence-corrected chi connectivity index (χ3v) is 9.16. The number of benzene rings is 1. The third kappa shape index (κ3) is 5.75. The second kappa shape index (κ2) is 12.3. The Morgan fingerprint density at radius 3 is 2.60 bits per heavy atom. The fourth-order valence-electron chi connectivity index (χ4n) is 6.31. The van der Waals surface area contributed by atoms with Crippen LogP contribution in [-0.2, 0) is 27.4 Å². The van der Waals surface area contributed by atoms with Crippen LogP contribution < -0.4 is 10.1 Å². The van der Waals surface area contributed by atoms with Crippen molar-refractivity contribution in [2.24, 2.45) is 11.8 Å². The number of amides is 3. The Kier molecular flexibility index (Phi) is 8.77. The van der Waals surface area contributed by atoms with Gasteiger partial charge < -0.3 is 24.4 Å². The summed E-state index contributed by atoms with van der Waals surface area (Å²) in [6.07, 6.45) is 5.23. The van der Waals surface area contributed by atoms with Crippen LogP contribution in [0.3, 0.4) is 0 Å². The molecule has 0 bridgehead atoms. The minimum Gasteiger partial charge on any atom is -0.485 e. The number of nitrogens with zero attached hydrogens (tertiary/aromatic N) is 4. The lowest BCUT2D eigenvalue weighted by molar-refractivity contribution is -0.147. The summed E-state index contributed by atoms with van der Waals surface area (Å²) in [5.74, 6) is 1.05. The average molecular weight is 617 g/mol. The van der Waals surface area contributed by atoms with Gasteiger partial charge in [-0.15, -0.1) is 0 Å². The summed E-state index contributed by atoms with van der Waals surface area (Å²) in [6.45, 7) is 5.67. The van der Waals surface area contributed by atoms with E-state index in [0.29, 0.717) is 62.8 Å². The SMILES string of the molecule is CNC(=O)[C@H]1CCCC[C@H]1C(=O)N1CCc2c(Br)ccc(OCc3noc(C(C)C)n3)c2[C@H]1CN1CCCC1=O. The van der Waals surface area contributed by atoms with E-state index in [2.05, 4.69) is 31.4 Å². The van der Waals surface area contributed by atoms with Crippen LogP contribution in [0.4, 0.5) is 0 Å². The van der Waals surface area contributed by atoms with E-state index in [0.717, 1.165) is 34.9 Å². The highest BCUT2D eigenvalue weighted by Crippen LogP contribution is 2.43. The van der Waals surface area contributed by atoms with Gasteiger partial charge in [0.25, 0.3) is 0 Å². The lowest BCUT2D eigenvalue weighted by Gasteiger charge is -2.43. The Hall–Kier alpha value is -2.95. The molecule has 216 valence electrons. The summed E-state index contributed by atoms with van der Waals surface area (Å²) in [5, 5.41) is 6.82. The molecule has 3 atom stereocenters. The first kappa shape index (κ1) is 28.6. The number of likely N-dealkylation sites (tertiary alicyclic amines) is 1. The number of fused-ring (bicyclic) bond motifs is 1. The van der Waals surface area contributed by atoms with Crippen LogP contribution in [0.15, 0.2) is 21.1 Å². The molecule has 2 fully saturated rings. The lowest BCUT2D eigenvalue weighted by Crippen LogP contribution is -2.50. The molecule has 2 aromatic rings. The van der Waals surface area contributed by atoms with Gasteiger partial charge in [-0.3, -0.25) is 14.4 Å². The monoisotopic (exact) mass is 615 g/mol. The van der Waals surface area contributed by atoms with Crippen molar-refractivity contribution in [3.8, 4) is 5.75 Å². The van der Waals surface area contributed by atoms with Gasteiger partial charge in [0.1, 0.15) is 5.75 Å². The zero-order valence-corrected chi connectivity index (χ0v) is 25.0. The zero-order valence-electron chi connectivity index (χ0n) is 23.5. The highest BCUT2D eigenvalue weighted by atomic mass is 79.9. The van der Waals surface area contributed by atoms with Gasteiger partial charge in [-0.1, -0.05) is 47.8 Å². The minimum absolute atomic E-state index is 0.0127. The molecule has 0 radical (unpaired) electrons. The number of hydrogen-bond donors (Lipinski definition) is 1. The molecule has 10 nitrogen and oxygen atoms in total. The number of hydrogen-bond acceptors (Lipinski definition) is 7. The summed E-state index contributed by atoms with van der Waals surface area (Å²) in [5.41, 5.74) is 1.97. The quantitative estimate of drug-likeness (QED) is 0.474. The van der Waals surface area contributed by atoms with Crippen LogP contribution in [0.1, 0.15) is 87.2 Å². The molecule has 2 aliphatic heterocycles. The molecule has 1 aliphatic carbocycles. The molecule has 0 unspecified atom stereocenters. The summed E-state index contributed by atoms with van der Waals surface area (Å²) in [4.78, 5) is 47.9. The summed E-state index contributed by atoms with van der Waals surface area (Å²) < 4.78 is 12.6. The van der Waals surface area contributed by atoms with Crippen molar-refractivity contribution in [3.05, 3.63) is 39.4 Å². The minimum atomic E-state index is -0.394. The molecule has 1 aromatic carbocycles. The molecule has 3 heterocycles. The maximum Gasteiger partial charge on any atom is 0.229 e. The van der Waals surface area contributed by atoms with Gasteiger partial charge in [-0.05, 0) is 43.4 Å². The molecule has 1 saturated carbocycles. The highest BCUT2D eigenvalue weighted by molar-refractivity contribution is 9.10. The van der Waals surface area contributed by atoms with Crippen LogP contribution in [0.25, 0.3) is 0 Å². The van der Waals surface area contributed by atoms with Gasteiger partial charge in [0.05, 0.1) is 6.04 Å². The fraction of sp³-hybridized carbons (Fsp3) is 0.621. The van der Waals surface area contributed by atoms with E-state index < -0.39 is 6.04 Å². The Labute approximate surface area is 243 Å². The summed E-state index contributed by atoms with van der Waals surface area (Å²) in [7, 11) is 1.63. The summed E-state index contributed by atoms with van der Waals surface area (Å²) in [6, 6.07) is 3.46. The van der Waals surface area contributed by atoms with Gasteiger partial charge in [-0.2, -0.15) is 4.98 Å². The normalized spacial score (nSPS) is 22.9. The molecule has 5 rings (SSSR count). The molecule has 1 N–H and O–H groups in total. The van der Waals surface area contributed by atoms with Crippen molar-refractivity contribution in [3.63, 3.8) is 0 Å². The van der Waals surface area contributed by atoms with Crippen molar-refractivity contribution >= 4 is 33.7 Å². The lowest BCUT2D eigenvalue weighted by atomic mass is 9.77. The number of halogens is 1. The van der Waals surface area contributed by atoms with E-state index >= 15 is 0 Å². The van der Waals surface area contributed by atoms with Crippen LogP contribution in [0.2, 0.25) is 0 Å². The van der Waals surface area contributed by atoms with Gasteiger partial charge >= 0.3 is 0 Å². The summed E-state index contributed by atoms with van der Waals surface area (Å²) >= 11 is 3.72. The predicted molar refractivity (Wildman–Crippen MR) is 150 cm³/mol. The molecule has 1 aromatic heterocycles. The number of rotatable bonds is 8. The van der Waals surface area contributed by atoms with Crippen molar-refractivity contribution in [1.29, 1.82) is 0 Å². The van der Waals surface area contributed by atoms with Crippen molar-refractivity contribution in [2.75, 3.05) is 26.7 Å². The van der Waals surface area contributed by atoms with E-state index in [1.165, 1.54) is 0 Å². The molecular weight excluding hydrogens is 578 g/mol. The maximum absolute atomic E-state index is 14.3. The molecular formula is C29H38BrN5O5. The molecule has 40 heavy (non-hydrogen) atoms. The van der Waals surface area contributed by atoms with Crippen LogP contribution >= 0.6 is 15.9 Å². The first-order chi connectivity index (χ1) is 19.3. The Morgan fingerprint density at radius 2 is 1.93 bits per heavy atom. The third-order valence-electron chi connectivity index (χ3n) is 8.42. The van der Waals surface area contributed by atoms with Crippen LogP contribution in [-0.4, -0.2) is 64.3 Å². The number of ether oxygens (including phenoxy) is 1. The van der Waals surface area contributed by atoms with E-state index in [1.807, 2.05) is 35.8 Å². The number of aromatic nitrogens is 2. The van der Waals surface area contributed by atoms with Gasteiger partial charge in [0.2, 0.25) is 29.4 Å². The second-order valence-electron chi connectivity index (χ2n) is 11.3. The largest absolute Gasteiger partial charge is 0.485 e. The molecule has 3 amide bonds. The molecule has 11 heteroatoms. The second-order valence-corrected chi connectivity index (χ2v) is 12.1. The number of nitrogens with one attached hydrogen (secondary N) is 1. The topological polar surface area (TPSA) is 118 Å². The standard InChI is InChI=1S/C29H38BrN5O5/c1-17(2)28-32-24(33-40-28)16-39-23-11-10-21(30)20-12-14-35(22(26(20)23)15-34-13-6-9-25(34)36)29(38)19-8-5-4-7-18(19)27(37)31-3/h10-11,17-19,22H,4-9,12-16H2,1-3H3,(H,31,37)/t18-,19+,22+/m0/s1. The van der Waals surface area contributed by atoms with Gasteiger partial charge in [0, 0.05) is 60.9 Å². The molecule has 1 saturated heterocycles. The maximum atomic E-state index is 14.3. The highest BCUT2D eigenvalue weighted by Gasteiger charge is 2.43. The van der Waals surface area contributed by atoms with E-state index in [1.54, 1.807) is 7.05 Å². The van der Waals surface area contributed by atoms with Crippen molar-refractivity contribution in [2.45, 2.75) is 77.4 Å². The van der Waals surface area contributed by atoms with Gasteiger partial charge in [0.15, 0.2) is 6.61 Å². The van der Waals surface area contributed by atoms with E-state index in [9.17, 15) is 14.4 Å². The first-order valence-electron chi connectivity index (χ1n) is 14.3. The molecule has 0 spiro atoms. The van der Waals surface area contributed by atoms with Gasteiger partial charge in [-0.25, -0.2) is 0 Å². The van der Waals surface area contributed by atoms with Crippen molar-refractivity contribution < 1.29 is 23.6 Å². The Morgan fingerprint density at radius 1 is 1.15 bits per heavy atom. The zero-order chi connectivity index (χ0) is 28.4. The van der Waals surface area contributed by atoms with Crippen LogP contribution in [0, 0.1) is 11.8 Å². The number of carbonyl (C=O) groups excluding carboxylic acids is 3. The Bertz CT molecular complexity index is 1260. The smallest absolute Gasteiger partial charge is 0.229 e. The van der Waals surface area contributed by atoms with Crippen LogP contribution in [0.5, 0.6) is 5.75 Å². The predicted octanol–water partition coefficient (Wildman–Crippen LogP) is 4.14. The first-order valence-corrected chi connectivity index (χ1v) is 15.1. The Balaban J connectivity index is 1.49. The number of carbonyl (C=O) groups is 3.